The number of aromatic nitrogens is 1. The van der Waals surface area contributed by atoms with Gasteiger partial charge in [0.1, 0.15) is 0 Å². The molecule has 0 spiro atoms. The molecule has 2 heterocycles. The number of amides is 2. The normalized spacial score (nSPS) is 18.2. The van der Waals surface area contributed by atoms with E-state index < -0.39 is 0 Å². The van der Waals surface area contributed by atoms with Crippen molar-refractivity contribution in [3.8, 4) is 0 Å². The van der Waals surface area contributed by atoms with Gasteiger partial charge < -0.3 is 10.2 Å². The highest BCUT2D eigenvalue weighted by Crippen LogP contribution is 2.34. The Morgan fingerprint density at radius 1 is 1.00 bits per heavy atom. The molecule has 1 aliphatic rings. The van der Waals surface area contributed by atoms with E-state index in [0.29, 0.717) is 30.2 Å². The van der Waals surface area contributed by atoms with Gasteiger partial charge in [0.25, 0.3) is 5.91 Å². The number of nitrogens with one attached hydrogen (secondary N) is 1. The largest absolute Gasteiger partial charge is 0.352 e. The number of likely N-dealkylation sites (tertiary alicyclic amines) is 1. The van der Waals surface area contributed by atoms with Crippen molar-refractivity contribution in [3.63, 3.8) is 0 Å². The summed E-state index contributed by atoms with van der Waals surface area (Å²) in [6.45, 7) is 1.23. The van der Waals surface area contributed by atoms with Crippen LogP contribution < -0.4 is 5.32 Å². The molecule has 0 unspecified atom stereocenters. The van der Waals surface area contributed by atoms with Gasteiger partial charge in [0.2, 0.25) is 5.91 Å². The number of benzene rings is 2. The van der Waals surface area contributed by atoms with E-state index in [-0.39, 0.29) is 23.7 Å². The molecule has 1 saturated heterocycles. The Hall–Kier alpha value is -3.18. The predicted molar refractivity (Wildman–Crippen MR) is 116 cm³/mol. The van der Waals surface area contributed by atoms with Crippen LogP contribution in [0.3, 0.4) is 0 Å². The molecule has 0 aliphatic carbocycles. The van der Waals surface area contributed by atoms with Crippen LogP contribution in [0.5, 0.6) is 0 Å². The van der Waals surface area contributed by atoms with Crippen molar-refractivity contribution in [3.05, 3.63) is 101 Å². The second-order valence-corrected chi connectivity index (χ2v) is 7.80. The smallest absolute Gasteiger partial charge is 0.255 e. The van der Waals surface area contributed by atoms with E-state index in [0.717, 1.165) is 11.1 Å². The third kappa shape index (κ3) is 4.36. The lowest BCUT2D eigenvalue weighted by molar-refractivity contribution is -0.125. The average Bonchev–Trinajstić information content (AvgIpc) is 3.24. The van der Waals surface area contributed by atoms with Gasteiger partial charge in [-0.2, -0.15) is 0 Å². The number of halogens is 1. The third-order valence-corrected chi connectivity index (χ3v) is 5.79. The number of rotatable bonds is 5. The minimum absolute atomic E-state index is 0.0674. The summed E-state index contributed by atoms with van der Waals surface area (Å²) in [5, 5.41) is 3.43. The van der Waals surface area contributed by atoms with Crippen molar-refractivity contribution in [1.82, 2.24) is 15.2 Å². The maximum absolute atomic E-state index is 13.1. The zero-order valence-electron chi connectivity index (χ0n) is 16.4. The minimum atomic E-state index is -0.337. The van der Waals surface area contributed by atoms with Gasteiger partial charge in [0.15, 0.2) is 0 Å². The van der Waals surface area contributed by atoms with Gasteiger partial charge in [0, 0.05) is 37.9 Å². The van der Waals surface area contributed by atoms with Crippen molar-refractivity contribution < 1.29 is 9.59 Å². The van der Waals surface area contributed by atoms with Crippen LogP contribution in [0.4, 0.5) is 0 Å². The molecule has 152 valence electrons. The zero-order chi connectivity index (χ0) is 20.9. The summed E-state index contributed by atoms with van der Waals surface area (Å²) in [7, 11) is 0. The molecule has 2 amide bonds. The molecule has 1 N–H and O–H groups in total. The van der Waals surface area contributed by atoms with Gasteiger partial charge in [-0.05, 0) is 29.3 Å². The van der Waals surface area contributed by atoms with Crippen LogP contribution in [0, 0.1) is 5.92 Å². The minimum Gasteiger partial charge on any atom is -0.352 e. The molecule has 2 atom stereocenters. The molecule has 1 fully saturated rings. The highest BCUT2D eigenvalue weighted by Gasteiger charge is 2.40. The number of hydrogen-bond acceptors (Lipinski definition) is 3. The molecule has 3 aromatic rings. The zero-order valence-corrected chi connectivity index (χ0v) is 17.1. The van der Waals surface area contributed by atoms with Gasteiger partial charge in [-0.25, -0.2) is 0 Å². The Morgan fingerprint density at radius 2 is 1.77 bits per heavy atom. The number of carbonyl (C=O) groups is 2. The van der Waals surface area contributed by atoms with Crippen LogP contribution in [0.2, 0.25) is 5.02 Å². The predicted octanol–water partition coefficient (Wildman–Crippen LogP) is 3.91. The molecular formula is C24H22ClN3O2. The van der Waals surface area contributed by atoms with Crippen LogP contribution in [-0.4, -0.2) is 34.8 Å². The highest BCUT2D eigenvalue weighted by molar-refractivity contribution is 6.33. The Balaban J connectivity index is 1.54. The van der Waals surface area contributed by atoms with Gasteiger partial charge in [-0.1, -0.05) is 60.1 Å². The standard InChI is InChI=1S/C24H22ClN3O2/c25-22-11-5-4-10-19(22)24(30)28-15-20(18-8-2-1-3-9-18)21(16-28)23(29)27-14-17-7-6-12-26-13-17/h1-13,20-21H,14-16H2,(H,27,29)/t20-,21+/m0/s1. The maximum atomic E-state index is 13.1. The Bertz CT molecular complexity index is 1030. The Morgan fingerprint density at radius 3 is 2.50 bits per heavy atom. The maximum Gasteiger partial charge on any atom is 0.255 e. The Kier molecular flexibility index (Phi) is 6.10. The molecule has 0 radical (unpaired) electrons. The SMILES string of the molecule is O=C(NCc1cccnc1)[C@@H]1CN(C(=O)c2ccccc2Cl)C[C@H]1c1ccccc1. The number of nitrogens with zero attached hydrogens (tertiary/aromatic N) is 2. The van der Waals surface area contributed by atoms with E-state index in [4.69, 9.17) is 11.6 Å². The number of pyridine rings is 1. The van der Waals surface area contributed by atoms with Crippen LogP contribution in [-0.2, 0) is 11.3 Å². The summed E-state index contributed by atoms with van der Waals surface area (Å²) in [6, 6.07) is 20.7. The molecule has 4 rings (SSSR count). The van der Waals surface area contributed by atoms with Gasteiger partial charge >= 0.3 is 0 Å². The molecule has 5 nitrogen and oxygen atoms in total. The third-order valence-electron chi connectivity index (χ3n) is 5.47. The van der Waals surface area contributed by atoms with E-state index in [2.05, 4.69) is 10.3 Å². The average molecular weight is 420 g/mol. The molecule has 1 aromatic heterocycles. The van der Waals surface area contributed by atoms with Crippen LogP contribution in [0.1, 0.15) is 27.4 Å². The second kappa shape index (κ2) is 9.09. The van der Waals surface area contributed by atoms with Gasteiger partial charge in [-0.15, -0.1) is 0 Å². The fourth-order valence-electron chi connectivity index (χ4n) is 3.90. The monoisotopic (exact) mass is 419 g/mol. The summed E-state index contributed by atoms with van der Waals surface area (Å²) in [5.74, 6) is -0.631. The summed E-state index contributed by atoms with van der Waals surface area (Å²) >= 11 is 6.23. The van der Waals surface area contributed by atoms with Crippen LogP contribution >= 0.6 is 11.6 Å². The van der Waals surface area contributed by atoms with Crippen molar-refractivity contribution >= 4 is 23.4 Å². The van der Waals surface area contributed by atoms with E-state index in [1.807, 2.05) is 42.5 Å². The molecule has 6 heteroatoms. The summed E-state index contributed by atoms with van der Waals surface area (Å²) in [5.41, 5.74) is 2.44. The molecule has 2 aromatic carbocycles. The second-order valence-electron chi connectivity index (χ2n) is 7.39. The lowest BCUT2D eigenvalue weighted by Crippen LogP contribution is -2.35. The van der Waals surface area contributed by atoms with Crippen molar-refractivity contribution in [2.24, 2.45) is 5.92 Å². The van der Waals surface area contributed by atoms with E-state index >= 15 is 0 Å². The summed E-state index contributed by atoms with van der Waals surface area (Å²) < 4.78 is 0. The highest BCUT2D eigenvalue weighted by atomic mass is 35.5. The van der Waals surface area contributed by atoms with Crippen molar-refractivity contribution in [2.45, 2.75) is 12.5 Å². The first-order valence-electron chi connectivity index (χ1n) is 9.89. The topological polar surface area (TPSA) is 62.3 Å². The van der Waals surface area contributed by atoms with E-state index in [1.54, 1.807) is 41.6 Å². The first-order chi connectivity index (χ1) is 14.6. The molecule has 1 aliphatic heterocycles. The first-order valence-corrected chi connectivity index (χ1v) is 10.3. The summed E-state index contributed by atoms with van der Waals surface area (Å²) in [6.07, 6.45) is 3.43. The number of hydrogen-bond donors (Lipinski definition) is 1. The molecule has 30 heavy (non-hydrogen) atoms. The summed E-state index contributed by atoms with van der Waals surface area (Å²) in [4.78, 5) is 32.0. The molecule has 0 saturated carbocycles. The van der Waals surface area contributed by atoms with Gasteiger partial charge in [-0.3, -0.25) is 14.6 Å². The van der Waals surface area contributed by atoms with Crippen LogP contribution in [0.15, 0.2) is 79.1 Å². The van der Waals surface area contributed by atoms with Crippen molar-refractivity contribution in [1.29, 1.82) is 0 Å². The fraction of sp³-hybridized carbons (Fsp3) is 0.208. The van der Waals surface area contributed by atoms with Crippen LogP contribution in [0.25, 0.3) is 0 Å². The quantitative estimate of drug-likeness (QED) is 0.682. The Labute approximate surface area is 180 Å². The fourth-order valence-corrected chi connectivity index (χ4v) is 4.12. The van der Waals surface area contributed by atoms with Crippen molar-refractivity contribution in [2.75, 3.05) is 13.1 Å². The van der Waals surface area contributed by atoms with Gasteiger partial charge in [0.05, 0.1) is 16.5 Å². The number of carbonyl (C=O) groups excluding carboxylic acids is 2. The first kappa shape index (κ1) is 20.1. The van der Waals surface area contributed by atoms with E-state index in [9.17, 15) is 9.59 Å². The molecular weight excluding hydrogens is 398 g/mol. The lowest BCUT2D eigenvalue weighted by atomic mass is 9.88. The lowest BCUT2D eigenvalue weighted by Gasteiger charge is -2.18. The van der Waals surface area contributed by atoms with E-state index in [1.165, 1.54) is 0 Å². The molecule has 0 bridgehead atoms.